The summed E-state index contributed by atoms with van der Waals surface area (Å²) in [5.41, 5.74) is 2.82. The van der Waals surface area contributed by atoms with Gasteiger partial charge in [0.2, 0.25) is 0 Å². The van der Waals surface area contributed by atoms with E-state index in [9.17, 15) is 22.0 Å². The van der Waals surface area contributed by atoms with Crippen molar-refractivity contribution in [3.05, 3.63) is 47.3 Å². The zero-order chi connectivity index (χ0) is 15.8. The van der Waals surface area contributed by atoms with Gasteiger partial charge in [-0.1, -0.05) is 5.16 Å². The van der Waals surface area contributed by atoms with E-state index in [4.69, 9.17) is 10.9 Å². The summed E-state index contributed by atoms with van der Waals surface area (Å²) < 4.78 is 65.3. The number of oxime groups is 1. The van der Waals surface area contributed by atoms with Crippen molar-refractivity contribution in [2.45, 2.75) is 6.18 Å². The van der Waals surface area contributed by atoms with Gasteiger partial charge in [-0.25, -0.2) is 13.5 Å². The van der Waals surface area contributed by atoms with Gasteiger partial charge < -0.3 is 10.9 Å². The maximum absolute atomic E-state index is 13.8. The van der Waals surface area contributed by atoms with Crippen molar-refractivity contribution in [1.82, 2.24) is 9.78 Å². The van der Waals surface area contributed by atoms with E-state index in [1.54, 1.807) is 0 Å². The van der Waals surface area contributed by atoms with Crippen LogP contribution >= 0.6 is 0 Å². The number of halogens is 5. The molecule has 0 atom stereocenters. The van der Waals surface area contributed by atoms with Crippen LogP contribution in [-0.4, -0.2) is 20.8 Å². The van der Waals surface area contributed by atoms with Crippen molar-refractivity contribution in [3.8, 4) is 5.69 Å². The van der Waals surface area contributed by atoms with Gasteiger partial charge in [-0.15, -0.1) is 0 Å². The lowest BCUT2D eigenvalue weighted by molar-refractivity contribution is -0.141. The number of amidine groups is 1. The maximum atomic E-state index is 13.8. The van der Waals surface area contributed by atoms with Gasteiger partial charge in [-0.3, -0.25) is 0 Å². The second-order valence-electron chi connectivity index (χ2n) is 3.92. The van der Waals surface area contributed by atoms with Gasteiger partial charge in [0.1, 0.15) is 5.69 Å². The molecular weight excluding hydrogens is 299 g/mol. The van der Waals surface area contributed by atoms with Crippen molar-refractivity contribution in [2.24, 2.45) is 10.9 Å². The molecule has 3 N–H and O–H groups in total. The third-order valence-corrected chi connectivity index (χ3v) is 2.53. The second-order valence-corrected chi connectivity index (χ2v) is 3.92. The van der Waals surface area contributed by atoms with Crippen LogP contribution in [0, 0.1) is 11.6 Å². The number of aromatic nitrogens is 2. The lowest BCUT2D eigenvalue weighted by Gasteiger charge is -2.08. The van der Waals surface area contributed by atoms with Crippen LogP contribution in [0.4, 0.5) is 22.0 Å². The van der Waals surface area contributed by atoms with E-state index in [0.29, 0.717) is 22.9 Å². The van der Waals surface area contributed by atoms with Crippen molar-refractivity contribution in [1.29, 1.82) is 0 Å². The highest BCUT2D eigenvalue weighted by molar-refractivity contribution is 5.97. The lowest BCUT2D eigenvalue weighted by atomic mass is 10.1. The molecule has 0 aliphatic heterocycles. The minimum absolute atomic E-state index is 0.264. The minimum Gasteiger partial charge on any atom is -0.409 e. The topological polar surface area (TPSA) is 76.4 Å². The average molecular weight is 306 g/mol. The first-order chi connectivity index (χ1) is 9.74. The van der Waals surface area contributed by atoms with Crippen LogP contribution in [0.3, 0.4) is 0 Å². The Balaban J connectivity index is 2.53. The van der Waals surface area contributed by atoms with Gasteiger partial charge in [0.05, 0.1) is 0 Å². The van der Waals surface area contributed by atoms with Crippen molar-refractivity contribution in [3.63, 3.8) is 0 Å². The molecule has 0 radical (unpaired) electrons. The van der Waals surface area contributed by atoms with Gasteiger partial charge in [-0.2, -0.15) is 18.3 Å². The Morgan fingerprint density at radius 1 is 1.24 bits per heavy atom. The highest BCUT2D eigenvalue weighted by Gasteiger charge is 2.34. The molecule has 0 bridgehead atoms. The normalized spacial score (nSPS) is 12.7. The summed E-state index contributed by atoms with van der Waals surface area (Å²) in [6.07, 6.45) is -3.96. The first kappa shape index (κ1) is 14.8. The van der Waals surface area contributed by atoms with Crippen molar-refractivity contribution >= 4 is 5.84 Å². The zero-order valence-electron chi connectivity index (χ0n) is 10.1. The van der Waals surface area contributed by atoms with E-state index in [0.717, 1.165) is 6.20 Å². The summed E-state index contributed by atoms with van der Waals surface area (Å²) in [4.78, 5) is 0. The van der Waals surface area contributed by atoms with Crippen LogP contribution in [-0.2, 0) is 6.18 Å². The number of rotatable bonds is 2. The molecule has 0 aliphatic rings. The van der Waals surface area contributed by atoms with Gasteiger partial charge >= 0.3 is 6.18 Å². The van der Waals surface area contributed by atoms with Crippen LogP contribution < -0.4 is 5.73 Å². The zero-order valence-corrected chi connectivity index (χ0v) is 10.1. The Morgan fingerprint density at radius 3 is 2.24 bits per heavy atom. The summed E-state index contributed by atoms with van der Waals surface area (Å²) in [7, 11) is 0. The van der Waals surface area contributed by atoms with Gasteiger partial charge in [-0.05, 0) is 18.2 Å². The molecule has 0 amide bonds. The van der Waals surface area contributed by atoms with Crippen molar-refractivity contribution in [2.75, 3.05) is 0 Å². The molecule has 1 heterocycles. The standard InChI is InChI=1S/C11H7F5N4O/c12-6-3-5(10(17)19-21)4-7(13)9(6)20-2-1-8(18-20)11(14,15)16/h1-4,21H,(H2,17,19). The fraction of sp³-hybridized carbons (Fsp3) is 0.0909. The smallest absolute Gasteiger partial charge is 0.409 e. The number of nitrogens with zero attached hydrogens (tertiary/aromatic N) is 3. The van der Waals surface area contributed by atoms with E-state index in [-0.39, 0.29) is 5.56 Å². The van der Waals surface area contributed by atoms with Crippen LogP contribution in [0.5, 0.6) is 0 Å². The molecule has 0 saturated heterocycles. The van der Waals surface area contributed by atoms with Crippen LogP contribution in [0.2, 0.25) is 0 Å². The highest BCUT2D eigenvalue weighted by Crippen LogP contribution is 2.28. The predicted octanol–water partition coefficient (Wildman–Crippen LogP) is 2.26. The third kappa shape index (κ3) is 2.78. The fourth-order valence-electron chi connectivity index (χ4n) is 1.59. The van der Waals surface area contributed by atoms with Crippen LogP contribution in [0.1, 0.15) is 11.3 Å². The van der Waals surface area contributed by atoms with E-state index in [1.165, 1.54) is 0 Å². The van der Waals surface area contributed by atoms with Crippen molar-refractivity contribution < 1.29 is 27.2 Å². The SMILES string of the molecule is N/C(=N/O)c1cc(F)c(-n2ccc(C(F)(F)F)n2)c(F)c1. The summed E-state index contributed by atoms with van der Waals surface area (Å²) in [5.74, 6) is -2.97. The second kappa shape index (κ2) is 5.04. The fourth-order valence-corrected chi connectivity index (χ4v) is 1.59. The van der Waals surface area contributed by atoms with Crippen LogP contribution in [0.15, 0.2) is 29.6 Å². The molecular formula is C11H7F5N4O. The molecule has 2 rings (SSSR count). The summed E-state index contributed by atoms with van der Waals surface area (Å²) in [6.45, 7) is 0. The minimum atomic E-state index is -4.73. The van der Waals surface area contributed by atoms with Crippen LogP contribution in [0.25, 0.3) is 5.69 Å². The lowest BCUT2D eigenvalue weighted by Crippen LogP contribution is -2.15. The Morgan fingerprint density at radius 2 is 1.81 bits per heavy atom. The molecule has 21 heavy (non-hydrogen) atoms. The molecule has 1 aromatic carbocycles. The third-order valence-electron chi connectivity index (χ3n) is 2.53. The van der Waals surface area contributed by atoms with E-state index >= 15 is 0 Å². The highest BCUT2D eigenvalue weighted by atomic mass is 19.4. The number of hydrogen-bond donors (Lipinski definition) is 2. The first-order valence-corrected chi connectivity index (χ1v) is 5.34. The number of benzene rings is 1. The average Bonchev–Trinajstić information content (AvgIpc) is 2.86. The van der Waals surface area contributed by atoms with E-state index in [2.05, 4.69) is 10.3 Å². The summed E-state index contributed by atoms with van der Waals surface area (Å²) in [6, 6.07) is 2.00. The molecule has 1 aromatic heterocycles. The molecule has 2 aromatic rings. The Labute approximate surface area is 114 Å². The maximum Gasteiger partial charge on any atom is 0.435 e. The summed E-state index contributed by atoms with van der Waals surface area (Å²) >= 11 is 0. The molecule has 0 fully saturated rings. The largest absolute Gasteiger partial charge is 0.435 e. The molecule has 0 saturated carbocycles. The molecule has 0 aliphatic carbocycles. The number of alkyl halides is 3. The predicted molar refractivity (Wildman–Crippen MR) is 61.0 cm³/mol. The first-order valence-electron chi connectivity index (χ1n) is 5.34. The number of hydrogen-bond acceptors (Lipinski definition) is 3. The van der Waals surface area contributed by atoms with Gasteiger partial charge in [0, 0.05) is 11.8 Å². The molecule has 5 nitrogen and oxygen atoms in total. The molecule has 112 valence electrons. The van der Waals surface area contributed by atoms with E-state index in [1.807, 2.05) is 0 Å². The Bertz CT molecular complexity index is 684. The quantitative estimate of drug-likeness (QED) is 0.294. The molecule has 0 unspecified atom stereocenters. The monoisotopic (exact) mass is 306 g/mol. The van der Waals surface area contributed by atoms with Gasteiger partial charge in [0.15, 0.2) is 23.2 Å². The molecule has 10 heteroatoms. The number of nitrogens with two attached hydrogens (primary N) is 1. The summed E-state index contributed by atoms with van der Waals surface area (Å²) in [5, 5.41) is 14.1. The Kier molecular flexibility index (Phi) is 3.54. The van der Waals surface area contributed by atoms with Gasteiger partial charge in [0.25, 0.3) is 0 Å². The Hall–Kier alpha value is -2.65. The van der Waals surface area contributed by atoms with E-state index < -0.39 is 35.0 Å². The molecule has 0 spiro atoms.